The second kappa shape index (κ2) is 3.69. The molecule has 0 aliphatic carbocycles. The van der Waals surface area contributed by atoms with Crippen molar-refractivity contribution < 1.29 is 5.11 Å². The molecule has 0 bridgehead atoms. The summed E-state index contributed by atoms with van der Waals surface area (Å²) >= 11 is 1.79. The minimum absolute atomic E-state index is 0.378. The van der Waals surface area contributed by atoms with Crippen molar-refractivity contribution in [3.05, 3.63) is 35.4 Å². The summed E-state index contributed by atoms with van der Waals surface area (Å²) in [6.07, 6.45) is 0. The largest absolute Gasteiger partial charge is 0.508 e. The highest BCUT2D eigenvalue weighted by molar-refractivity contribution is 7.28. The van der Waals surface area contributed by atoms with E-state index in [0.29, 0.717) is 5.75 Å². The molecule has 0 amide bonds. The van der Waals surface area contributed by atoms with Crippen LogP contribution in [0.4, 0.5) is 0 Å². The molecular weight excluding hydrogens is 247 g/mol. The van der Waals surface area contributed by atoms with Crippen molar-refractivity contribution in [1.29, 1.82) is 0 Å². The first-order valence-electron chi connectivity index (χ1n) is 5.48. The van der Waals surface area contributed by atoms with E-state index in [4.69, 9.17) is 0 Å². The van der Waals surface area contributed by atoms with Gasteiger partial charge in [-0.2, -0.15) is 0 Å². The molecule has 0 saturated carbocycles. The fourth-order valence-corrected chi connectivity index (χ4v) is 3.59. The summed E-state index contributed by atoms with van der Waals surface area (Å²) in [5.74, 6) is 0.378. The van der Waals surface area contributed by atoms with E-state index in [1.165, 1.54) is 25.7 Å². The first kappa shape index (κ1) is 11.0. The van der Waals surface area contributed by atoms with Gasteiger partial charge in [-0.25, -0.2) is 0 Å². The molecule has 3 rings (SSSR count). The summed E-state index contributed by atoms with van der Waals surface area (Å²) < 4.78 is 2.53. The lowest BCUT2D eigenvalue weighted by Crippen LogP contribution is -1.94. The number of aryl methyl sites for hydroxylation is 2. The monoisotopic (exact) mass is 260 g/mol. The van der Waals surface area contributed by atoms with Gasteiger partial charge < -0.3 is 5.11 Å². The third-order valence-electron chi connectivity index (χ3n) is 3.18. The SMILES string of the molecule is Cc1cc2sc3cc(C)c(P)cc3c2cc1O. The predicted octanol–water partition coefficient (Wildman–Crippen LogP) is 3.88. The number of hydrogen-bond donors (Lipinski definition) is 1. The van der Waals surface area contributed by atoms with Gasteiger partial charge in [0.1, 0.15) is 5.75 Å². The van der Waals surface area contributed by atoms with E-state index in [2.05, 4.69) is 34.4 Å². The van der Waals surface area contributed by atoms with Crippen LogP contribution >= 0.6 is 20.6 Å². The first-order valence-corrected chi connectivity index (χ1v) is 6.87. The summed E-state index contributed by atoms with van der Waals surface area (Å²) in [5.41, 5.74) is 2.22. The van der Waals surface area contributed by atoms with Crippen molar-refractivity contribution in [2.75, 3.05) is 0 Å². The molecule has 0 aliphatic heterocycles. The van der Waals surface area contributed by atoms with Crippen LogP contribution in [0, 0.1) is 13.8 Å². The van der Waals surface area contributed by atoms with Gasteiger partial charge in [0.15, 0.2) is 0 Å². The van der Waals surface area contributed by atoms with Gasteiger partial charge in [-0.15, -0.1) is 20.6 Å². The summed E-state index contributed by atoms with van der Waals surface area (Å²) in [7, 11) is 2.77. The van der Waals surface area contributed by atoms with E-state index in [9.17, 15) is 5.11 Å². The second-order valence-electron chi connectivity index (χ2n) is 4.44. The van der Waals surface area contributed by atoms with Crippen LogP contribution in [-0.2, 0) is 0 Å². The molecule has 1 heterocycles. The Morgan fingerprint density at radius 2 is 1.53 bits per heavy atom. The highest BCUT2D eigenvalue weighted by Crippen LogP contribution is 2.37. The zero-order chi connectivity index (χ0) is 12.2. The minimum Gasteiger partial charge on any atom is -0.508 e. The molecule has 0 radical (unpaired) electrons. The van der Waals surface area contributed by atoms with Crippen LogP contribution in [0.3, 0.4) is 0 Å². The van der Waals surface area contributed by atoms with E-state index in [1.54, 1.807) is 11.3 Å². The minimum atomic E-state index is 0.378. The predicted molar refractivity (Wildman–Crippen MR) is 79.8 cm³/mol. The van der Waals surface area contributed by atoms with Crippen LogP contribution in [0.15, 0.2) is 24.3 Å². The van der Waals surface area contributed by atoms with Crippen molar-refractivity contribution >= 4 is 46.1 Å². The van der Waals surface area contributed by atoms with Crippen LogP contribution in [0.1, 0.15) is 11.1 Å². The molecule has 1 aromatic heterocycles. The van der Waals surface area contributed by atoms with Gasteiger partial charge in [-0.05, 0) is 54.5 Å². The molecule has 1 nitrogen and oxygen atoms in total. The van der Waals surface area contributed by atoms with Crippen LogP contribution < -0.4 is 5.30 Å². The number of benzene rings is 2. The maximum atomic E-state index is 9.82. The lowest BCUT2D eigenvalue weighted by Gasteiger charge is -2.00. The number of hydrogen-bond acceptors (Lipinski definition) is 2. The van der Waals surface area contributed by atoms with Crippen molar-refractivity contribution in [3.8, 4) is 5.75 Å². The van der Waals surface area contributed by atoms with E-state index in [0.717, 1.165) is 10.9 Å². The summed E-state index contributed by atoms with van der Waals surface area (Å²) in [6, 6.07) is 8.34. The Kier molecular flexibility index (Phi) is 2.39. The van der Waals surface area contributed by atoms with E-state index in [-0.39, 0.29) is 0 Å². The Bertz CT molecular complexity index is 681. The smallest absolute Gasteiger partial charge is 0.119 e. The first-order chi connectivity index (χ1) is 8.06. The highest BCUT2D eigenvalue weighted by Gasteiger charge is 2.09. The number of rotatable bonds is 0. The van der Waals surface area contributed by atoms with Crippen molar-refractivity contribution in [2.24, 2.45) is 0 Å². The van der Waals surface area contributed by atoms with Gasteiger partial charge in [0, 0.05) is 20.2 Å². The van der Waals surface area contributed by atoms with Crippen LogP contribution in [0.2, 0.25) is 0 Å². The van der Waals surface area contributed by atoms with E-state index in [1.807, 2.05) is 13.0 Å². The van der Waals surface area contributed by atoms with Gasteiger partial charge in [0.05, 0.1) is 0 Å². The van der Waals surface area contributed by atoms with Gasteiger partial charge in [-0.3, -0.25) is 0 Å². The van der Waals surface area contributed by atoms with E-state index >= 15 is 0 Å². The van der Waals surface area contributed by atoms with Crippen molar-refractivity contribution in [1.82, 2.24) is 0 Å². The van der Waals surface area contributed by atoms with Crippen LogP contribution in [-0.4, -0.2) is 5.11 Å². The van der Waals surface area contributed by atoms with Crippen LogP contribution in [0.5, 0.6) is 5.75 Å². The summed E-state index contributed by atoms with van der Waals surface area (Å²) in [5, 5.41) is 13.4. The Hall–Kier alpha value is -1.11. The fraction of sp³-hybridized carbons (Fsp3) is 0.143. The zero-order valence-corrected chi connectivity index (χ0v) is 11.7. The molecule has 86 valence electrons. The maximum absolute atomic E-state index is 9.82. The standard InChI is InChI=1S/C14H13OPS/c1-7-3-13-9(5-11(7)15)10-6-12(16)8(2)4-14(10)17-13/h3-6,15H,16H2,1-2H3. The number of phenolic OH excluding ortho intramolecular Hbond substituents is 1. The molecule has 3 heteroatoms. The van der Waals surface area contributed by atoms with Gasteiger partial charge in [0.2, 0.25) is 0 Å². The molecule has 1 N–H and O–H groups in total. The number of phenols is 1. The fourth-order valence-electron chi connectivity index (χ4n) is 2.08. The zero-order valence-electron chi connectivity index (χ0n) is 9.74. The topological polar surface area (TPSA) is 20.2 Å². The van der Waals surface area contributed by atoms with Crippen molar-refractivity contribution in [2.45, 2.75) is 13.8 Å². The molecule has 17 heavy (non-hydrogen) atoms. The molecular formula is C14H13OPS. The van der Waals surface area contributed by atoms with Gasteiger partial charge in [0.25, 0.3) is 0 Å². The molecule has 3 aromatic rings. The molecule has 1 atom stereocenters. The van der Waals surface area contributed by atoms with Crippen LogP contribution in [0.25, 0.3) is 20.2 Å². The number of thiophene rings is 1. The molecule has 0 fully saturated rings. The average molecular weight is 260 g/mol. The van der Waals surface area contributed by atoms with Gasteiger partial charge >= 0.3 is 0 Å². The lowest BCUT2D eigenvalue weighted by molar-refractivity contribution is 0.472. The molecule has 0 spiro atoms. The third kappa shape index (κ3) is 1.64. The molecule has 0 aliphatic rings. The lowest BCUT2D eigenvalue weighted by atomic mass is 10.1. The quantitative estimate of drug-likeness (QED) is 0.608. The molecule has 1 unspecified atom stereocenters. The van der Waals surface area contributed by atoms with E-state index < -0.39 is 0 Å². The maximum Gasteiger partial charge on any atom is 0.119 e. The summed E-state index contributed by atoms with van der Waals surface area (Å²) in [6.45, 7) is 4.06. The Labute approximate surface area is 106 Å². The summed E-state index contributed by atoms with van der Waals surface area (Å²) in [4.78, 5) is 0. The Morgan fingerprint density at radius 1 is 0.941 bits per heavy atom. The van der Waals surface area contributed by atoms with Gasteiger partial charge in [-0.1, -0.05) is 0 Å². The Balaban J connectivity index is 2.51. The number of aromatic hydroxyl groups is 1. The second-order valence-corrected chi connectivity index (χ2v) is 6.15. The molecule has 2 aromatic carbocycles. The molecule has 0 saturated heterocycles. The number of fused-ring (bicyclic) bond motifs is 3. The third-order valence-corrected chi connectivity index (χ3v) is 4.91. The normalized spacial score (nSPS) is 11.5. The van der Waals surface area contributed by atoms with Crippen molar-refractivity contribution in [3.63, 3.8) is 0 Å². The average Bonchev–Trinajstić information content (AvgIpc) is 2.58. The Morgan fingerprint density at radius 3 is 2.24 bits per heavy atom. The highest BCUT2D eigenvalue weighted by atomic mass is 32.1.